The molecule has 1 heterocycles. The van der Waals surface area contributed by atoms with Crippen LogP contribution >= 0.6 is 0 Å². The number of rotatable bonds is 2. The molecule has 0 radical (unpaired) electrons. The molecule has 5 heteroatoms. The highest BCUT2D eigenvalue weighted by Crippen LogP contribution is 2.31. The summed E-state index contributed by atoms with van der Waals surface area (Å²) in [4.78, 5) is 24.0. The number of nitrogens with one attached hydrogen (secondary N) is 1. The van der Waals surface area contributed by atoms with Crippen LogP contribution < -0.4 is 5.32 Å². The number of nitrogens with zero attached hydrogens (tertiary/aromatic N) is 1. The minimum absolute atomic E-state index is 0.103. The number of aliphatic carboxylic acids is 1. The average molecular weight is 240 g/mol. The first kappa shape index (κ1) is 12.2. The van der Waals surface area contributed by atoms with Gasteiger partial charge in [0.2, 0.25) is 0 Å². The zero-order valence-electron chi connectivity index (χ0n) is 10.3. The van der Waals surface area contributed by atoms with Gasteiger partial charge in [-0.3, -0.25) is 4.79 Å². The van der Waals surface area contributed by atoms with Crippen molar-refractivity contribution in [1.82, 2.24) is 10.2 Å². The summed E-state index contributed by atoms with van der Waals surface area (Å²) in [5.41, 5.74) is 0. The molecule has 96 valence electrons. The molecular formula is C12H20N2O3. The van der Waals surface area contributed by atoms with E-state index in [0.717, 1.165) is 12.8 Å². The van der Waals surface area contributed by atoms with Gasteiger partial charge in [0.25, 0.3) is 0 Å². The molecule has 2 amide bonds. The second kappa shape index (κ2) is 4.55. The lowest BCUT2D eigenvalue weighted by atomic mass is 9.97. The number of hydrogen-bond acceptors (Lipinski definition) is 2. The first-order valence-corrected chi connectivity index (χ1v) is 6.27. The quantitative estimate of drug-likeness (QED) is 0.760. The maximum absolute atomic E-state index is 11.8. The fourth-order valence-electron chi connectivity index (χ4n) is 2.62. The van der Waals surface area contributed by atoms with Gasteiger partial charge in [-0.25, -0.2) is 4.79 Å². The first-order valence-electron chi connectivity index (χ1n) is 6.27. The van der Waals surface area contributed by atoms with Gasteiger partial charge in [-0.15, -0.1) is 0 Å². The summed E-state index contributed by atoms with van der Waals surface area (Å²) in [6.45, 7) is 5.06. The average Bonchev–Trinajstić information content (AvgIpc) is 2.46. The second-order valence-corrected chi connectivity index (χ2v) is 5.41. The predicted octanol–water partition coefficient (Wildman–Crippen LogP) is 1.15. The summed E-state index contributed by atoms with van der Waals surface area (Å²) in [5.74, 6) is -0.0171. The number of carbonyl (C=O) groups is 2. The highest BCUT2D eigenvalue weighted by molar-refractivity contribution is 5.79. The molecule has 0 bridgehead atoms. The normalized spacial score (nSPS) is 33.3. The van der Waals surface area contributed by atoms with Crippen molar-refractivity contribution in [3.05, 3.63) is 0 Å². The maximum atomic E-state index is 11.8. The van der Waals surface area contributed by atoms with Crippen molar-refractivity contribution in [2.45, 2.75) is 32.7 Å². The fourth-order valence-corrected chi connectivity index (χ4v) is 2.62. The Bertz CT molecular complexity index is 326. The van der Waals surface area contributed by atoms with Crippen LogP contribution in [0.2, 0.25) is 0 Å². The molecule has 5 nitrogen and oxygen atoms in total. The van der Waals surface area contributed by atoms with Crippen LogP contribution in [0.15, 0.2) is 0 Å². The molecule has 0 aromatic carbocycles. The lowest BCUT2D eigenvalue weighted by Crippen LogP contribution is -2.57. The Morgan fingerprint density at radius 1 is 1.24 bits per heavy atom. The van der Waals surface area contributed by atoms with Gasteiger partial charge in [-0.2, -0.15) is 0 Å². The highest BCUT2D eigenvalue weighted by atomic mass is 16.4. The molecule has 2 N–H and O–H groups in total. The van der Waals surface area contributed by atoms with Gasteiger partial charge in [-0.05, 0) is 24.7 Å². The smallest absolute Gasteiger partial charge is 0.317 e. The van der Waals surface area contributed by atoms with Gasteiger partial charge >= 0.3 is 12.0 Å². The van der Waals surface area contributed by atoms with Crippen molar-refractivity contribution in [2.24, 2.45) is 17.8 Å². The second-order valence-electron chi connectivity index (χ2n) is 5.41. The van der Waals surface area contributed by atoms with Crippen molar-refractivity contribution in [2.75, 3.05) is 13.1 Å². The van der Waals surface area contributed by atoms with Crippen molar-refractivity contribution >= 4 is 12.0 Å². The zero-order chi connectivity index (χ0) is 12.6. The minimum atomic E-state index is -0.808. The van der Waals surface area contributed by atoms with E-state index < -0.39 is 5.97 Å². The maximum Gasteiger partial charge on any atom is 0.317 e. The van der Waals surface area contributed by atoms with Crippen molar-refractivity contribution in [3.63, 3.8) is 0 Å². The van der Waals surface area contributed by atoms with Crippen LogP contribution in [0.25, 0.3) is 0 Å². The summed E-state index contributed by atoms with van der Waals surface area (Å²) in [5, 5.41) is 11.7. The van der Waals surface area contributed by atoms with Crippen LogP contribution in [0.1, 0.15) is 26.7 Å². The molecular weight excluding hydrogens is 220 g/mol. The molecule has 1 aliphatic heterocycles. The lowest BCUT2D eigenvalue weighted by Gasteiger charge is -2.37. The summed E-state index contributed by atoms with van der Waals surface area (Å²) < 4.78 is 0. The Kier molecular flexibility index (Phi) is 3.26. The molecule has 2 fully saturated rings. The molecule has 3 atom stereocenters. The van der Waals surface area contributed by atoms with E-state index in [1.54, 1.807) is 4.90 Å². The molecule has 0 aromatic rings. The summed E-state index contributed by atoms with van der Waals surface area (Å²) in [6, 6.07) is 0.148. The molecule has 2 rings (SSSR count). The summed E-state index contributed by atoms with van der Waals surface area (Å²) in [6.07, 6.45) is 2.19. The predicted molar refractivity (Wildman–Crippen MR) is 62.6 cm³/mol. The van der Waals surface area contributed by atoms with Crippen molar-refractivity contribution in [1.29, 1.82) is 0 Å². The van der Waals surface area contributed by atoms with E-state index in [4.69, 9.17) is 5.11 Å². The van der Waals surface area contributed by atoms with E-state index in [2.05, 4.69) is 19.2 Å². The van der Waals surface area contributed by atoms with Crippen LogP contribution in [0.5, 0.6) is 0 Å². The van der Waals surface area contributed by atoms with Crippen LogP contribution in [0.4, 0.5) is 4.79 Å². The number of hydrogen-bond donors (Lipinski definition) is 2. The minimum Gasteiger partial charge on any atom is -0.481 e. The van der Waals surface area contributed by atoms with E-state index in [1.165, 1.54) is 0 Å². The Balaban J connectivity index is 1.77. The Morgan fingerprint density at radius 2 is 1.88 bits per heavy atom. The third kappa shape index (κ3) is 2.37. The standard InChI is InChI=1S/C12H20N2O3/c1-7-3-4-10(8(7)2)13-12(17)14-5-9(6-14)11(15)16/h7-10H,3-6H2,1-2H3,(H,13,17)(H,15,16). The largest absolute Gasteiger partial charge is 0.481 e. The van der Waals surface area contributed by atoms with Crippen LogP contribution in [0, 0.1) is 17.8 Å². The molecule has 0 aromatic heterocycles. The summed E-state index contributed by atoms with van der Waals surface area (Å²) in [7, 11) is 0. The van der Waals surface area contributed by atoms with E-state index >= 15 is 0 Å². The van der Waals surface area contributed by atoms with Gasteiger partial charge < -0.3 is 15.3 Å². The third-order valence-electron chi connectivity index (χ3n) is 4.29. The van der Waals surface area contributed by atoms with Gasteiger partial charge in [0.05, 0.1) is 5.92 Å². The highest BCUT2D eigenvalue weighted by Gasteiger charge is 2.38. The van der Waals surface area contributed by atoms with Gasteiger partial charge in [-0.1, -0.05) is 13.8 Å². The molecule has 2 aliphatic rings. The molecule has 1 aliphatic carbocycles. The molecule has 0 spiro atoms. The Hall–Kier alpha value is -1.26. The number of likely N-dealkylation sites (tertiary alicyclic amines) is 1. The van der Waals surface area contributed by atoms with Crippen molar-refractivity contribution < 1.29 is 14.7 Å². The van der Waals surface area contributed by atoms with E-state index in [0.29, 0.717) is 24.9 Å². The summed E-state index contributed by atoms with van der Waals surface area (Å²) >= 11 is 0. The number of carbonyl (C=O) groups excluding carboxylic acids is 1. The Labute approximate surface area is 101 Å². The van der Waals surface area contributed by atoms with E-state index in [1.807, 2.05) is 0 Å². The van der Waals surface area contributed by atoms with Gasteiger partial charge in [0.15, 0.2) is 0 Å². The van der Waals surface area contributed by atoms with Crippen molar-refractivity contribution in [3.8, 4) is 0 Å². The first-order chi connectivity index (χ1) is 7.99. The fraction of sp³-hybridized carbons (Fsp3) is 0.833. The number of amides is 2. The Morgan fingerprint density at radius 3 is 2.35 bits per heavy atom. The van der Waals surface area contributed by atoms with Gasteiger partial charge in [0, 0.05) is 19.1 Å². The molecule has 3 unspecified atom stereocenters. The SMILES string of the molecule is CC1CCC(NC(=O)N2CC(C(=O)O)C2)C1C. The monoisotopic (exact) mass is 240 g/mol. The van der Waals surface area contributed by atoms with Crippen LogP contribution in [-0.2, 0) is 4.79 Å². The zero-order valence-corrected chi connectivity index (χ0v) is 10.3. The third-order valence-corrected chi connectivity index (χ3v) is 4.29. The van der Waals surface area contributed by atoms with E-state index in [-0.39, 0.29) is 18.0 Å². The number of urea groups is 1. The number of carboxylic acid groups (broad SMARTS) is 1. The lowest BCUT2D eigenvalue weighted by molar-refractivity contribution is -0.146. The molecule has 1 saturated carbocycles. The van der Waals surface area contributed by atoms with Gasteiger partial charge in [0.1, 0.15) is 0 Å². The molecule has 17 heavy (non-hydrogen) atoms. The van der Waals surface area contributed by atoms with Crippen LogP contribution in [0.3, 0.4) is 0 Å². The van der Waals surface area contributed by atoms with E-state index in [9.17, 15) is 9.59 Å². The van der Waals surface area contributed by atoms with Crippen LogP contribution in [-0.4, -0.2) is 41.1 Å². The number of carboxylic acids is 1. The topological polar surface area (TPSA) is 69.6 Å². The molecule has 1 saturated heterocycles.